The van der Waals surface area contributed by atoms with Crippen LogP contribution >= 0.6 is 11.8 Å². The van der Waals surface area contributed by atoms with Crippen molar-refractivity contribution in [2.75, 3.05) is 4.90 Å². The highest BCUT2D eigenvalue weighted by molar-refractivity contribution is 8.26. The van der Waals surface area contributed by atoms with E-state index >= 15 is 0 Å². The molecule has 1 aromatic rings. The molecule has 9 nitrogen and oxygen atoms in total. The molecule has 27 heavy (non-hydrogen) atoms. The van der Waals surface area contributed by atoms with Crippen molar-refractivity contribution in [1.82, 2.24) is 5.01 Å². The summed E-state index contributed by atoms with van der Waals surface area (Å²) in [5.74, 6) is -2.54. The minimum Gasteiger partial charge on any atom is -0.287 e. The van der Waals surface area contributed by atoms with Gasteiger partial charge < -0.3 is 0 Å². The summed E-state index contributed by atoms with van der Waals surface area (Å²) < 4.78 is 0. The largest absolute Gasteiger partial charge is 0.287 e. The number of nitrogens with zero attached hydrogens (tertiary/aromatic N) is 4. The second-order valence-corrected chi connectivity index (χ2v) is 6.61. The number of hydrogen-bond donors (Lipinski definition) is 0. The zero-order valence-electron chi connectivity index (χ0n) is 15.0. The molecule has 140 valence electrons. The van der Waals surface area contributed by atoms with Crippen LogP contribution in [0.2, 0.25) is 0 Å². The Balaban J connectivity index is 2.63. The lowest BCUT2D eigenvalue weighted by atomic mass is 10.1. The van der Waals surface area contributed by atoms with Crippen molar-refractivity contribution < 1.29 is 24.0 Å². The maximum absolute atomic E-state index is 12.7. The smallest absolute Gasteiger partial charge is 0.286 e. The first-order chi connectivity index (χ1) is 12.6. The van der Waals surface area contributed by atoms with Crippen LogP contribution in [-0.2, 0) is 24.0 Å². The highest BCUT2D eigenvalue weighted by atomic mass is 32.2. The molecule has 0 atom stereocenters. The predicted molar refractivity (Wildman–Crippen MR) is 100 cm³/mol. The average molecular weight is 388 g/mol. The Morgan fingerprint density at radius 3 is 2.19 bits per heavy atom. The van der Waals surface area contributed by atoms with Gasteiger partial charge in [0.2, 0.25) is 22.9 Å². The summed E-state index contributed by atoms with van der Waals surface area (Å²) in [5, 5.41) is 4.04. The molecular weight excluding hydrogens is 372 g/mol. The first-order valence-corrected chi connectivity index (χ1v) is 8.56. The molecule has 10 heteroatoms. The summed E-state index contributed by atoms with van der Waals surface area (Å²) in [5.41, 5.74) is 0.511. The fraction of sp³-hybridized carbons (Fsp3) is 0.235. The first kappa shape index (κ1) is 20.2. The predicted octanol–water partition coefficient (Wildman–Crippen LogP) is 1.31. The van der Waals surface area contributed by atoms with Crippen LogP contribution in [0.3, 0.4) is 0 Å². The molecule has 1 aromatic carbocycles. The fourth-order valence-electron chi connectivity index (χ4n) is 2.33. The second-order valence-electron chi connectivity index (χ2n) is 5.46. The summed E-state index contributed by atoms with van der Waals surface area (Å²) in [7, 11) is 0. The van der Waals surface area contributed by atoms with Crippen LogP contribution in [0.5, 0.6) is 0 Å². The van der Waals surface area contributed by atoms with Crippen molar-refractivity contribution in [3.05, 3.63) is 29.8 Å². The van der Waals surface area contributed by atoms with Gasteiger partial charge in [-0.1, -0.05) is 18.2 Å². The standard InChI is InChI=1S/C17H16N4O5S/c1-9(22)18-17(27-12(4)25)21(11(3)24)19-15-13-7-5-6-8-14(13)20(10(2)23)16(15)26/h5-8H,1-4H3. The molecule has 2 rings (SSSR count). The van der Waals surface area contributed by atoms with E-state index in [-0.39, 0.29) is 10.9 Å². The van der Waals surface area contributed by atoms with Gasteiger partial charge in [-0.15, -0.1) is 0 Å². The van der Waals surface area contributed by atoms with Crippen LogP contribution in [0.4, 0.5) is 5.69 Å². The zero-order chi connectivity index (χ0) is 20.3. The quantitative estimate of drug-likeness (QED) is 0.407. The molecule has 0 unspecified atom stereocenters. The van der Waals surface area contributed by atoms with E-state index in [0.29, 0.717) is 28.0 Å². The number of fused-ring (bicyclic) bond motifs is 1. The Hall–Kier alpha value is -3.14. The Bertz CT molecular complexity index is 922. The van der Waals surface area contributed by atoms with Gasteiger partial charge in [0.15, 0.2) is 10.8 Å². The number of thioether (sulfide) groups is 1. The van der Waals surface area contributed by atoms with E-state index in [1.807, 2.05) is 0 Å². The van der Waals surface area contributed by atoms with E-state index in [4.69, 9.17) is 0 Å². The lowest BCUT2D eigenvalue weighted by molar-refractivity contribution is -0.125. The summed E-state index contributed by atoms with van der Waals surface area (Å²) in [6.07, 6.45) is 0. The molecule has 1 aliphatic heterocycles. The molecular formula is C17H16N4O5S. The molecule has 1 aliphatic rings. The van der Waals surface area contributed by atoms with E-state index < -0.39 is 28.7 Å². The summed E-state index contributed by atoms with van der Waals surface area (Å²) in [4.78, 5) is 64.1. The fourth-order valence-corrected chi connectivity index (χ4v) is 3.02. The second kappa shape index (κ2) is 8.04. The number of imide groups is 1. The van der Waals surface area contributed by atoms with Crippen LogP contribution in [0.1, 0.15) is 33.3 Å². The molecule has 0 spiro atoms. The van der Waals surface area contributed by atoms with E-state index in [1.165, 1.54) is 13.8 Å². The van der Waals surface area contributed by atoms with E-state index in [9.17, 15) is 24.0 Å². The molecule has 0 bridgehead atoms. The number of benzene rings is 1. The van der Waals surface area contributed by atoms with Gasteiger partial charge in [0.1, 0.15) is 0 Å². The lowest BCUT2D eigenvalue weighted by Crippen LogP contribution is -2.37. The minimum atomic E-state index is -0.718. The van der Waals surface area contributed by atoms with Crippen LogP contribution in [0.15, 0.2) is 34.4 Å². The first-order valence-electron chi connectivity index (χ1n) is 7.75. The van der Waals surface area contributed by atoms with Crippen LogP contribution in [0, 0.1) is 0 Å². The van der Waals surface area contributed by atoms with Gasteiger partial charge in [0.05, 0.1) is 5.69 Å². The van der Waals surface area contributed by atoms with Gasteiger partial charge in [-0.05, 0) is 17.8 Å². The minimum absolute atomic E-state index is 0.170. The van der Waals surface area contributed by atoms with Crippen LogP contribution in [0.25, 0.3) is 0 Å². The molecule has 0 fully saturated rings. The molecule has 0 N–H and O–H groups in total. The third-order valence-corrected chi connectivity index (χ3v) is 4.02. The number of amidine groups is 1. The van der Waals surface area contributed by atoms with E-state index in [1.54, 1.807) is 24.3 Å². The molecule has 4 amide bonds. The van der Waals surface area contributed by atoms with E-state index in [0.717, 1.165) is 18.7 Å². The molecule has 1 heterocycles. The van der Waals surface area contributed by atoms with Gasteiger partial charge in [0, 0.05) is 33.3 Å². The van der Waals surface area contributed by atoms with E-state index in [2.05, 4.69) is 10.1 Å². The molecule has 0 radical (unpaired) electrons. The Kier molecular flexibility index (Phi) is 6.01. The third-order valence-electron chi connectivity index (χ3n) is 3.29. The highest BCUT2D eigenvalue weighted by Gasteiger charge is 2.37. The van der Waals surface area contributed by atoms with Crippen molar-refractivity contribution in [3.63, 3.8) is 0 Å². The number of amides is 4. The van der Waals surface area contributed by atoms with Crippen molar-refractivity contribution in [3.8, 4) is 0 Å². The van der Waals surface area contributed by atoms with Crippen molar-refractivity contribution >= 4 is 57.1 Å². The molecule has 0 saturated heterocycles. The van der Waals surface area contributed by atoms with Crippen molar-refractivity contribution in [2.24, 2.45) is 10.1 Å². The average Bonchev–Trinajstić information content (AvgIpc) is 2.82. The number of aliphatic imine (C=N–C) groups is 1. The highest BCUT2D eigenvalue weighted by Crippen LogP contribution is 2.29. The Morgan fingerprint density at radius 1 is 1.04 bits per heavy atom. The SMILES string of the molecule is CC(=O)N=C(SC(C)=O)N(N=C1C(=O)N(C(C)=O)c2ccccc21)C(C)=O. The lowest BCUT2D eigenvalue weighted by Gasteiger charge is -2.16. The Morgan fingerprint density at radius 2 is 1.67 bits per heavy atom. The van der Waals surface area contributed by atoms with Gasteiger partial charge in [-0.25, -0.2) is 4.90 Å². The summed E-state index contributed by atoms with van der Waals surface area (Å²) >= 11 is 0.534. The monoisotopic (exact) mass is 388 g/mol. The number of hydrazone groups is 1. The van der Waals surface area contributed by atoms with Gasteiger partial charge in [-0.3, -0.25) is 24.0 Å². The van der Waals surface area contributed by atoms with Gasteiger partial charge >= 0.3 is 0 Å². The number of carbonyl (C=O) groups excluding carboxylic acids is 5. The summed E-state index contributed by atoms with van der Waals surface area (Å²) in [6.45, 7) is 4.77. The molecule has 0 aromatic heterocycles. The van der Waals surface area contributed by atoms with Crippen LogP contribution < -0.4 is 4.90 Å². The maximum Gasteiger partial charge on any atom is 0.286 e. The Labute approximate surface area is 159 Å². The maximum atomic E-state index is 12.7. The number of carbonyl (C=O) groups is 5. The normalized spacial score (nSPS) is 15.0. The number of anilines is 1. The topological polar surface area (TPSA) is 117 Å². The van der Waals surface area contributed by atoms with Gasteiger partial charge in [-0.2, -0.15) is 15.1 Å². The number of hydrogen-bond acceptors (Lipinski definition) is 7. The van der Waals surface area contributed by atoms with Crippen molar-refractivity contribution in [2.45, 2.75) is 27.7 Å². The third kappa shape index (κ3) is 4.34. The zero-order valence-corrected chi connectivity index (χ0v) is 15.9. The number of para-hydroxylation sites is 1. The van der Waals surface area contributed by atoms with Crippen LogP contribution in [-0.4, -0.2) is 44.6 Å². The molecule has 0 saturated carbocycles. The van der Waals surface area contributed by atoms with Crippen molar-refractivity contribution in [1.29, 1.82) is 0 Å². The number of rotatable bonds is 1. The summed E-state index contributed by atoms with van der Waals surface area (Å²) in [6, 6.07) is 6.46. The van der Waals surface area contributed by atoms with Gasteiger partial charge in [0.25, 0.3) is 5.91 Å². The molecule has 0 aliphatic carbocycles.